The van der Waals surface area contributed by atoms with Gasteiger partial charge in [-0.2, -0.15) is 5.10 Å². The van der Waals surface area contributed by atoms with Crippen LogP contribution in [0.15, 0.2) is 36.5 Å². The Morgan fingerprint density at radius 1 is 1.35 bits per heavy atom. The van der Waals surface area contributed by atoms with Crippen molar-refractivity contribution in [2.24, 2.45) is 5.73 Å². The van der Waals surface area contributed by atoms with Gasteiger partial charge in [0.15, 0.2) is 0 Å². The van der Waals surface area contributed by atoms with Gasteiger partial charge < -0.3 is 11.1 Å². The summed E-state index contributed by atoms with van der Waals surface area (Å²) in [7, 11) is 0. The normalized spacial score (nSPS) is 12.3. The summed E-state index contributed by atoms with van der Waals surface area (Å²) < 4.78 is 1.70. The van der Waals surface area contributed by atoms with E-state index in [1.807, 2.05) is 18.2 Å². The van der Waals surface area contributed by atoms with Gasteiger partial charge in [0, 0.05) is 12.2 Å². The van der Waals surface area contributed by atoms with Gasteiger partial charge in [-0.05, 0) is 30.7 Å². The molecule has 1 aromatic heterocycles. The lowest BCUT2D eigenvalue weighted by molar-refractivity contribution is 0.0995. The zero-order chi connectivity index (χ0) is 14.5. The second-order valence-corrected chi connectivity index (χ2v) is 4.59. The molecule has 106 valence electrons. The van der Waals surface area contributed by atoms with Gasteiger partial charge in [0.2, 0.25) is 0 Å². The molecule has 0 saturated heterocycles. The molecule has 0 bridgehead atoms. The number of benzene rings is 1. The SMILES string of the molecule is CCNC(CC)c1ccccc1-n1ccc(C(N)=O)n1. The molecule has 1 amide bonds. The summed E-state index contributed by atoms with van der Waals surface area (Å²) in [5.74, 6) is -0.514. The van der Waals surface area contributed by atoms with E-state index in [4.69, 9.17) is 5.73 Å². The first-order chi connectivity index (χ1) is 9.67. The summed E-state index contributed by atoms with van der Waals surface area (Å²) in [5, 5.41) is 7.69. The van der Waals surface area contributed by atoms with Gasteiger partial charge in [-0.25, -0.2) is 4.68 Å². The lowest BCUT2D eigenvalue weighted by Gasteiger charge is -2.19. The minimum Gasteiger partial charge on any atom is -0.364 e. The molecular formula is C15H20N4O. The number of nitrogens with two attached hydrogens (primary N) is 1. The number of hydrogen-bond donors (Lipinski definition) is 2. The second kappa shape index (κ2) is 6.34. The number of primary amides is 1. The minimum absolute atomic E-state index is 0.262. The van der Waals surface area contributed by atoms with E-state index in [-0.39, 0.29) is 11.7 Å². The fraction of sp³-hybridized carbons (Fsp3) is 0.333. The molecule has 3 N–H and O–H groups in total. The number of nitrogens with one attached hydrogen (secondary N) is 1. The highest BCUT2D eigenvalue weighted by molar-refractivity contribution is 5.90. The Bertz CT molecular complexity index is 591. The van der Waals surface area contributed by atoms with E-state index in [1.54, 1.807) is 16.9 Å². The highest BCUT2D eigenvalue weighted by Gasteiger charge is 2.14. The van der Waals surface area contributed by atoms with Crippen molar-refractivity contribution in [1.29, 1.82) is 0 Å². The van der Waals surface area contributed by atoms with Crippen LogP contribution in [0.3, 0.4) is 0 Å². The Labute approximate surface area is 118 Å². The van der Waals surface area contributed by atoms with Crippen LogP contribution < -0.4 is 11.1 Å². The lowest BCUT2D eigenvalue weighted by atomic mass is 10.0. The largest absolute Gasteiger partial charge is 0.364 e. The number of carbonyl (C=O) groups excluding carboxylic acids is 1. The van der Waals surface area contributed by atoms with Crippen molar-refractivity contribution in [3.63, 3.8) is 0 Å². The number of aromatic nitrogens is 2. The quantitative estimate of drug-likeness (QED) is 0.845. The van der Waals surface area contributed by atoms with E-state index in [2.05, 4.69) is 30.3 Å². The first-order valence-electron chi connectivity index (χ1n) is 6.85. The molecule has 20 heavy (non-hydrogen) atoms. The predicted octanol–water partition coefficient (Wildman–Crippen LogP) is 2.03. The molecular weight excluding hydrogens is 252 g/mol. The molecule has 1 aromatic carbocycles. The molecule has 1 atom stereocenters. The number of para-hydroxylation sites is 1. The number of amides is 1. The van der Waals surface area contributed by atoms with Crippen molar-refractivity contribution >= 4 is 5.91 Å². The maximum atomic E-state index is 11.2. The third kappa shape index (κ3) is 2.88. The topological polar surface area (TPSA) is 72.9 Å². The highest BCUT2D eigenvalue weighted by Crippen LogP contribution is 2.23. The first-order valence-corrected chi connectivity index (χ1v) is 6.85. The molecule has 0 fully saturated rings. The van der Waals surface area contributed by atoms with E-state index in [1.165, 1.54) is 0 Å². The van der Waals surface area contributed by atoms with Crippen LogP contribution in [-0.4, -0.2) is 22.2 Å². The fourth-order valence-corrected chi connectivity index (χ4v) is 2.30. The number of hydrogen-bond acceptors (Lipinski definition) is 3. The average molecular weight is 272 g/mol. The van der Waals surface area contributed by atoms with Crippen molar-refractivity contribution in [1.82, 2.24) is 15.1 Å². The van der Waals surface area contributed by atoms with Crippen LogP contribution in [0.1, 0.15) is 42.4 Å². The Kier molecular flexibility index (Phi) is 4.53. The Hall–Kier alpha value is -2.14. The van der Waals surface area contributed by atoms with E-state index in [9.17, 15) is 4.79 Å². The summed E-state index contributed by atoms with van der Waals surface area (Å²) in [6.45, 7) is 5.13. The first kappa shape index (κ1) is 14.3. The van der Waals surface area contributed by atoms with Crippen LogP contribution in [0.5, 0.6) is 0 Å². The molecule has 2 aromatic rings. The predicted molar refractivity (Wildman–Crippen MR) is 78.8 cm³/mol. The van der Waals surface area contributed by atoms with Crippen LogP contribution in [0.4, 0.5) is 0 Å². The van der Waals surface area contributed by atoms with Gasteiger partial charge in [-0.3, -0.25) is 4.79 Å². The van der Waals surface area contributed by atoms with E-state index in [0.29, 0.717) is 0 Å². The van der Waals surface area contributed by atoms with Crippen LogP contribution in [0.25, 0.3) is 5.69 Å². The summed E-state index contributed by atoms with van der Waals surface area (Å²) in [4.78, 5) is 11.2. The standard InChI is InChI=1S/C15H20N4O/c1-3-12(17-4-2)11-7-5-6-8-14(11)19-10-9-13(18-19)15(16)20/h5-10,12,17H,3-4H2,1-2H3,(H2,16,20). The van der Waals surface area contributed by atoms with Crippen molar-refractivity contribution in [3.8, 4) is 5.69 Å². The Balaban J connectivity index is 2.42. The maximum Gasteiger partial charge on any atom is 0.269 e. The number of nitrogens with zero attached hydrogens (tertiary/aromatic N) is 2. The van der Waals surface area contributed by atoms with Gasteiger partial charge in [0.1, 0.15) is 5.69 Å². The molecule has 1 heterocycles. The third-order valence-corrected chi connectivity index (χ3v) is 3.26. The van der Waals surface area contributed by atoms with Crippen LogP contribution in [-0.2, 0) is 0 Å². The van der Waals surface area contributed by atoms with Crippen molar-refractivity contribution in [3.05, 3.63) is 47.8 Å². The molecule has 0 aliphatic heterocycles. The van der Waals surface area contributed by atoms with Crippen molar-refractivity contribution in [2.45, 2.75) is 26.3 Å². The van der Waals surface area contributed by atoms with Gasteiger partial charge in [0.05, 0.1) is 5.69 Å². The van der Waals surface area contributed by atoms with Gasteiger partial charge in [-0.1, -0.05) is 32.0 Å². The molecule has 0 radical (unpaired) electrons. The zero-order valence-corrected chi connectivity index (χ0v) is 11.8. The number of rotatable bonds is 6. The van der Waals surface area contributed by atoms with Crippen LogP contribution in [0, 0.1) is 0 Å². The molecule has 0 spiro atoms. The van der Waals surface area contributed by atoms with Crippen molar-refractivity contribution < 1.29 is 4.79 Å². The zero-order valence-electron chi connectivity index (χ0n) is 11.8. The van der Waals surface area contributed by atoms with E-state index in [0.717, 1.165) is 24.2 Å². The summed E-state index contributed by atoms with van der Waals surface area (Å²) >= 11 is 0. The average Bonchev–Trinajstić information content (AvgIpc) is 2.95. The fourth-order valence-electron chi connectivity index (χ4n) is 2.30. The molecule has 2 rings (SSSR count). The lowest BCUT2D eigenvalue weighted by Crippen LogP contribution is -2.21. The summed E-state index contributed by atoms with van der Waals surface area (Å²) in [6, 6.07) is 9.94. The Morgan fingerprint density at radius 2 is 2.10 bits per heavy atom. The van der Waals surface area contributed by atoms with Gasteiger partial charge in [0.25, 0.3) is 5.91 Å². The van der Waals surface area contributed by atoms with E-state index < -0.39 is 5.91 Å². The molecule has 0 aliphatic carbocycles. The second-order valence-electron chi connectivity index (χ2n) is 4.59. The Morgan fingerprint density at radius 3 is 2.70 bits per heavy atom. The smallest absolute Gasteiger partial charge is 0.269 e. The van der Waals surface area contributed by atoms with Crippen LogP contribution >= 0.6 is 0 Å². The molecule has 1 unspecified atom stereocenters. The monoisotopic (exact) mass is 272 g/mol. The maximum absolute atomic E-state index is 11.2. The summed E-state index contributed by atoms with van der Waals surface area (Å²) in [6.07, 6.45) is 2.74. The minimum atomic E-state index is -0.514. The van der Waals surface area contributed by atoms with Gasteiger partial charge in [-0.15, -0.1) is 0 Å². The summed E-state index contributed by atoms with van der Waals surface area (Å²) in [5.41, 5.74) is 7.65. The van der Waals surface area contributed by atoms with E-state index >= 15 is 0 Å². The van der Waals surface area contributed by atoms with Crippen molar-refractivity contribution in [2.75, 3.05) is 6.54 Å². The molecule has 5 nitrogen and oxygen atoms in total. The number of carbonyl (C=O) groups is 1. The molecule has 5 heteroatoms. The third-order valence-electron chi connectivity index (χ3n) is 3.26. The highest BCUT2D eigenvalue weighted by atomic mass is 16.1. The van der Waals surface area contributed by atoms with Gasteiger partial charge >= 0.3 is 0 Å². The molecule has 0 aliphatic rings. The molecule has 0 saturated carbocycles. The van der Waals surface area contributed by atoms with Crippen LogP contribution in [0.2, 0.25) is 0 Å².